The van der Waals surface area contributed by atoms with Gasteiger partial charge in [-0.3, -0.25) is 5.41 Å². The van der Waals surface area contributed by atoms with Crippen LogP contribution in [0.3, 0.4) is 0 Å². The molecule has 4 aliphatic carbocycles. The summed E-state index contributed by atoms with van der Waals surface area (Å²) in [5, 5.41) is 13.5. The minimum atomic E-state index is -0.0291. The summed E-state index contributed by atoms with van der Waals surface area (Å²) in [6.45, 7) is 4.81. The molecule has 7 aromatic carbocycles. The van der Waals surface area contributed by atoms with E-state index in [1.165, 1.54) is 105 Å². The zero-order valence-electron chi connectivity index (χ0n) is 39.7. The van der Waals surface area contributed by atoms with E-state index in [4.69, 9.17) is 15.6 Å². The molecule has 340 valence electrons. The highest BCUT2D eigenvalue weighted by molar-refractivity contribution is 6.15. The van der Waals surface area contributed by atoms with E-state index in [1.807, 2.05) is 30.3 Å². The van der Waals surface area contributed by atoms with Gasteiger partial charge in [-0.25, -0.2) is 0 Å². The van der Waals surface area contributed by atoms with E-state index < -0.39 is 0 Å². The Hall–Kier alpha value is -8.15. The lowest BCUT2D eigenvalue weighted by atomic mass is 9.80. The van der Waals surface area contributed by atoms with Crippen LogP contribution in [0.5, 0.6) is 0 Å². The number of benzene rings is 7. The molecule has 4 aliphatic rings. The number of allylic oxidation sites excluding steroid dienone is 9. The Morgan fingerprint density at radius 1 is 0.643 bits per heavy atom. The van der Waals surface area contributed by atoms with Crippen molar-refractivity contribution in [2.45, 2.75) is 63.8 Å². The predicted molar refractivity (Wildman–Crippen MR) is 293 cm³/mol. The molecule has 5 nitrogen and oxygen atoms in total. The van der Waals surface area contributed by atoms with Gasteiger partial charge in [0.1, 0.15) is 17.2 Å². The number of nitrogens with two attached hydrogens (primary N) is 1. The molecule has 3 N–H and O–H groups in total. The third kappa shape index (κ3) is 6.86. The predicted octanol–water partition coefficient (Wildman–Crippen LogP) is 16.3. The smallest absolute Gasteiger partial charge is 0.137 e. The largest absolute Gasteiger partial charge is 0.456 e. The van der Waals surface area contributed by atoms with Gasteiger partial charge in [-0.1, -0.05) is 141 Å². The number of amidine groups is 1. The van der Waals surface area contributed by atoms with Crippen molar-refractivity contribution >= 4 is 72.1 Å². The summed E-state index contributed by atoms with van der Waals surface area (Å²) in [6, 6.07) is 55.3. The van der Waals surface area contributed by atoms with Gasteiger partial charge in [0.05, 0.1) is 22.6 Å². The standard InChI is InChI=1S/C58H46N2O.C7H8N2/c1-58(2)50-22-11-9-20-42(50)44-32-47-45-30-38(24-26-52(45)59(54(47)34-51(44)58)40-17-7-4-8-18-40)39-25-27-53-46(31-39)48-33-49-43-21-10-12-23-56(43)61-57(49)35-55(48)60(53)41-19-13-16-37(29-41)28-36-14-5-3-6-15-36;8-7(9)6-4-2-1-3-5-6/h3-8,11-18,22-27,29-35,41H,9-10,19-21,28H2,1-2H3;1-5H,(H3,8,9). The van der Waals surface area contributed by atoms with E-state index >= 15 is 0 Å². The van der Waals surface area contributed by atoms with E-state index in [2.05, 4.69) is 187 Å². The zero-order chi connectivity index (χ0) is 47.1. The monoisotopic (exact) mass is 906 g/mol. The molecule has 14 rings (SSSR count). The molecule has 0 bridgehead atoms. The molecule has 3 aromatic heterocycles. The van der Waals surface area contributed by atoms with Crippen molar-refractivity contribution in [3.05, 3.63) is 233 Å². The highest BCUT2D eigenvalue weighted by Gasteiger charge is 2.38. The molecule has 1 unspecified atom stereocenters. The van der Waals surface area contributed by atoms with Crippen molar-refractivity contribution < 1.29 is 4.42 Å². The third-order valence-corrected chi connectivity index (χ3v) is 15.5. The number of nitrogens with one attached hydrogen (secondary N) is 1. The first-order valence-electron chi connectivity index (χ1n) is 24.9. The van der Waals surface area contributed by atoms with Crippen LogP contribution < -0.4 is 5.73 Å². The van der Waals surface area contributed by atoms with Crippen LogP contribution in [0.4, 0.5) is 0 Å². The first-order valence-corrected chi connectivity index (χ1v) is 24.9. The molecule has 0 saturated carbocycles. The van der Waals surface area contributed by atoms with E-state index in [1.54, 1.807) is 0 Å². The quantitative estimate of drug-likeness (QED) is 0.129. The topological polar surface area (TPSA) is 72.9 Å². The molecule has 3 heterocycles. The normalized spacial score (nSPS) is 16.7. The fourth-order valence-corrected chi connectivity index (χ4v) is 12.1. The number of nitrogens with zero attached hydrogens (tertiary/aromatic N) is 2. The first kappa shape index (κ1) is 42.0. The summed E-state index contributed by atoms with van der Waals surface area (Å²) < 4.78 is 11.6. The number of furan rings is 1. The van der Waals surface area contributed by atoms with E-state index in [-0.39, 0.29) is 17.3 Å². The van der Waals surface area contributed by atoms with Gasteiger partial charge in [0.25, 0.3) is 0 Å². The Morgan fingerprint density at radius 3 is 2.07 bits per heavy atom. The summed E-state index contributed by atoms with van der Waals surface area (Å²) >= 11 is 0. The Morgan fingerprint density at radius 2 is 1.31 bits per heavy atom. The Bertz CT molecular complexity index is 3920. The molecular formula is C65H54N4O. The zero-order valence-corrected chi connectivity index (χ0v) is 39.7. The lowest BCUT2D eigenvalue weighted by molar-refractivity contribution is 0.595. The minimum absolute atomic E-state index is 0.0291. The number of rotatable bonds is 6. The van der Waals surface area contributed by atoms with Crippen LogP contribution in [-0.2, 0) is 18.3 Å². The SMILES string of the molecule is CC1(C)C2=C(CCC=C2)c2cc3c4cc(-c5ccc6c(c5)c5cc7c8c(oc7cc5n6C5C=C(Cc6ccccc6)C=CC5)C=CCC8)ccc4n(-c4ccccc4)c3cc21.N=C(N)c1ccccc1. The van der Waals surface area contributed by atoms with Gasteiger partial charge >= 0.3 is 0 Å². The van der Waals surface area contributed by atoms with Crippen LogP contribution in [0.15, 0.2) is 204 Å². The van der Waals surface area contributed by atoms with Gasteiger partial charge in [0.2, 0.25) is 0 Å². The van der Waals surface area contributed by atoms with E-state index in [0.717, 1.165) is 55.4 Å². The van der Waals surface area contributed by atoms with Crippen LogP contribution in [0, 0.1) is 5.41 Å². The van der Waals surface area contributed by atoms with Gasteiger partial charge in [-0.2, -0.15) is 0 Å². The molecule has 0 fully saturated rings. The summed E-state index contributed by atoms with van der Waals surface area (Å²) in [6.07, 6.45) is 22.5. The number of hydrogen-bond donors (Lipinski definition) is 2. The highest BCUT2D eigenvalue weighted by atomic mass is 16.3. The van der Waals surface area contributed by atoms with Crippen molar-refractivity contribution in [1.29, 1.82) is 5.41 Å². The van der Waals surface area contributed by atoms with Crippen molar-refractivity contribution in [3.8, 4) is 16.8 Å². The second-order valence-corrected chi connectivity index (χ2v) is 20.0. The van der Waals surface area contributed by atoms with Crippen LogP contribution in [0.1, 0.15) is 79.2 Å². The van der Waals surface area contributed by atoms with Gasteiger partial charge in [-0.15, -0.1) is 0 Å². The molecule has 10 aromatic rings. The van der Waals surface area contributed by atoms with Crippen LogP contribution >= 0.6 is 0 Å². The Labute approximate surface area is 408 Å². The van der Waals surface area contributed by atoms with Gasteiger partial charge in [0.15, 0.2) is 0 Å². The van der Waals surface area contributed by atoms with Crippen molar-refractivity contribution in [2.24, 2.45) is 5.73 Å². The molecule has 1 atom stereocenters. The highest BCUT2D eigenvalue weighted by Crippen LogP contribution is 2.52. The molecule has 5 heteroatoms. The van der Waals surface area contributed by atoms with E-state index in [0.29, 0.717) is 0 Å². The van der Waals surface area contributed by atoms with Crippen LogP contribution in [0.25, 0.3) is 83.0 Å². The number of aromatic nitrogens is 2. The van der Waals surface area contributed by atoms with Crippen LogP contribution in [-0.4, -0.2) is 15.0 Å². The second-order valence-electron chi connectivity index (χ2n) is 20.0. The van der Waals surface area contributed by atoms with E-state index in [9.17, 15) is 0 Å². The average molecular weight is 907 g/mol. The Kier molecular flexibility index (Phi) is 9.91. The molecule has 0 aliphatic heterocycles. The Balaban J connectivity index is 0.000000484. The lowest BCUT2D eigenvalue weighted by Crippen LogP contribution is -2.16. The summed E-state index contributed by atoms with van der Waals surface area (Å²) in [4.78, 5) is 0. The van der Waals surface area contributed by atoms with Gasteiger partial charge in [-0.05, 0) is 144 Å². The number of nitrogen functional groups attached to an aromatic ring is 1. The summed E-state index contributed by atoms with van der Waals surface area (Å²) in [5.74, 6) is 1.14. The number of aryl methyl sites for hydroxylation is 1. The fraction of sp³-hybridized carbons (Fsp3) is 0.154. The van der Waals surface area contributed by atoms with Gasteiger partial charge in [0, 0.05) is 60.7 Å². The van der Waals surface area contributed by atoms with Crippen LogP contribution in [0.2, 0.25) is 0 Å². The maximum atomic E-state index is 7.01. The number of hydrogen-bond acceptors (Lipinski definition) is 2. The summed E-state index contributed by atoms with van der Waals surface area (Å²) in [5.41, 5.74) is 25.5. The molecular weight excluding hydrogens is 853 g/mol. The fourth-order valence-electron chi connectivity index (χ4n) is 12.1. The maximum Gasteiger partial charge on any atom is 0.137 e. The number of fused-ring (bicyclic) bond motifs is 11. The van der Waals surface area contributed by atoms with Crippen molar-refractivity contribution in [3.63, 3.8) is 0 Å². The average Bonchev–Trinajstić information content (AvgIpc) is 4.10. The van der Waals surface area contributed by atoms with Gasteiger partial charge < -0.3 is 19.3 Å². The molecule has 0 saturated heterocycles. The molecule has 0 spiro atoms. The molecule has 0 amide bonds. The lowest BCUT2D eigenvalue weighted by Gasteiger charge is -2.24. The summed E-state index contributed by atoms with van der Waals surface area (Å²) in [7, 11) is 0. The first-order chi connectivity index (χ1) is 34.3. The van der Waals surface area contributed by atoms with Crippen molar-refractivity contribution in [2.75, 3.05) is 0 Å². The third-order valence-electron chi connectivity index (χ3n) is 15.5. The molecule has 70 heavy (non-hydrogen) atoms. The van der Waals surface area contributed by atoms with Crippen molar-refractivity contribution in [1.82, 2.24) is 9.13 Å². The second kappa shape index (κ2) is 16.5. The molecule has 0 radical (unpaired) electrons. The maximum absolute atomic E-state index is 7.01. The minimum Gasteiger partial charge on any atom is -0.456 e. The number of para-hydroxylation sites is 1.